The Labute approximate surface area is 160 Å². The summed E-state index contributed by atoms with van der Waals surface area (Å²) in [5.41, 5.74) is 3.15. The van der Waals surface area contributed by atoms with Crippen LogP contribution in [0.2, 0.25) is 0 Å². The number of para-hydroxylation sites is 2. The van der Waals surface area contributed by atoms with E-state index in [1.54, 1.807) is 17.1 Å². The summed E-state index contributed by atoms with van der Waals surface area (Å²) < 4.78 is 7.42. The first-order valence-electron chi connectivity index (χ1n) is 8.41. The Morgan fingerprint density at radius 3 is 2.70 bits per heavy atom. The third-order valence-electron chi connectivity index (χ3n) is 3.85. The molecule has 0 aliphatic carbocycles. The van der Waals surface area contributed by atoms with Gasteiger partial charge in [0, 0.05) is 5.56 Å². The molecule has 0 bridgehead atoms. The lowest BCUT2D eigenvalue weighted by Crippen LogP contribution is -1.97. The van der Waals surface area contributed by atoms with Crippen LogP contribution in [0.25, 0.3) is 22.4 Å². The largest absolute Gasteiger partial charge is 0.494 e. The van der Waals surface area contributed by atoms with Gasteiger partial charge in [-0.2, -0.15) is 14.9 Å². The second-order valence-electron chi connectivity index (χ2n) is 5.65. The van der Waals surface area contributed by atoms with Gasteiger partial charge >= 0.3 is 0 Å². The van der Waals surface area contributed by atoms with Gasteiger partial charge in [-0.05, 0) is 55.5 Å². The van der Waals surface area contributed by atoms with Gasteiger partial charge in [-0.15, -0.1) is 0 Å². The first kappa shape index (κ1) is 17.0. The number of nitrogens with one attached hydrogen (secondary N) is 1. The summed E-state index contributed by atoms with van der Waals surface area (Å²) in [4.78, 5) is 8.92. The summed E-state index contributed by atoms with van der Waals surface area (Å²) in [7, 11) is 0. The third kappa shape index (κ3) is 3.61. The molecule has 0 fully saturated rings. The van der Waals surface area contributed by atoms with Crippen LogP contribution in [-0.2, 0) is 0 Å². The lowest BCUT2D eigenvalue weighted by molar-refractivity contribution is 0.340. The number of aromatic nitrogens is 5. The quantitative estimate of drug-likeness (QED) is 0.423. The molecule has 2 aromatic heterocycles. The monoisotopic (exact) mass is 376 g/mol. The van der Waals surface area contributed by atoms with Gasteiger partial charge in [0.1, 0.15) is 11.4 Å². The van der Waals surface area contributed by atoms with Crippen LogP contribution in [0.1, 0.15) is 12.6 Å². The Kier molecular flexibility index (Phi) is 4.71. The number of ether oxygens (including phenoxy) is 1. The predicted octanol–water partition coefficient (Wildman–Crippen LogP) is 3.83. The molecule has 134 valence electrons. The molecule has 2 aromatic carbocycles. The molecule has 27 heavy (non-hydrogen) atoms. The van der Waals surface area contributed by atoms with Crippen molar-refractivity contribution in [1.82, 2.24) is 24.8 Å². The molecule has 8 heteroatoms. The number of fused-ring (bicyclic) bond motifs is 1. The predicted molar refractivity (Wildman–Crippen MR) is 107 cm³/mol. The number of aromatic amines is 1. The van der Waals surface area contributed by atoms with Gasteiger partial charge < -0.3 is 4.74 Å². The zero-order chi connectivity index (χ0) is 18.6. The molecule has 7 nitrogen and oxygen atoms in total. The van der Waals surface area contributed by atoms with Crippen LogP contribution in [0.4, 0.5) is 0 Å². The molecule has 0 amide bonds. The molecule has 0 saturated carbocycles. The van der Waals surface area contributed by atoms with Crippen LogP contribution >= 0.6 is 12.2 Å². The minimum atomic E-state index is 0.392. The summed E-state index contributed by atoms with van der Waals surface area (Å²) in [5, 5.41) is 11.5. The van der Waals surface area contributed by atoms with E-state index in [9.17, 15) is 0 Å². The van der Waals surface area contributed by atoms with Crippen LogP contribution < -0.4 is 4.74 Å². The summed E-state index contributed by atoms with van der Waals surface area (Å²) in [6.07, 6.45) is 3.29. The topological polar surface area (TPSA) is 81.0 Å². The van der Waals surface area contributed by atoms with E-state index in [1.807, 2.05) is 55.5 Å². The van der Waals surface area contributed by atoms with E-state index < -0.39 is 0 Å². The summed E-state index contributed by atoms with van der Waals surface area (Å²) in [5.74, 6) is 1.41. The number of hydrogen-bond donors (Lipinski definition) is 1. The first-order valence-corrected chi connectivity index (χ1v) is 8.82. The highest BCUT2D eigenvalue weighted by Crippen LogP contribution is 2.21. The highest BCUT2D eigenvalue weighted by molar-refractivity contribution is 7.71. The smallest absolute Gasteiger partial charge is 0.216 e. The third-order valence-corrected chi connectivity index (χ3v) is 4.11. The fraction of sp³-hybridized carbons (Fsp3) is 0.105. The maximum atomic E-state index is 5.47. The second-order valence-corrected chi connectivity index (χ2v) is 6.04. The summed E-state index contributed by atoms with van der Waals surface area (Å²) in [6.45, 7) is 2.57. The minimum Gasteiger partial charge on any atom is -0.494 e. The van der Waals surface area contributed by atoms with Crippen molar-refractivity contribution in [3.8, 4) is 17.1 Å². The molecule has 4 aromatic rings. The van der Waals surface area contributed by atoms with Crippen molar-refractivity contribution < 1.29 is 4.74 Å². The van der Waals surface area contributed by atoms with Gasteiger partial charge in [0.25, 0.3) is 0 Å². The normalized spacial score (nSPS) is 11.3. The molecular formula is C19H16N6OS. The Bertz CT molecular complexity index is 1160. The summed E-state index contributed by atoms with van der Waals surface area (Å²) in [6, 6.07) is 15.3. The van der Waals surface area contributed by atoms with E-state index in [4.69, 9.17) is 17.0 Å². The van der Waals surface area contributed by atoms with Gasteiger partial charge in [-0.3, -0.25) is 4.98 Å². The zero-order valence-electron chi connectivity index (χ0n) is 14.5. The van der Waals surface area contributed by atoms with Crippen molar-refractivity contribution >= 4 is 29.5 Å². The van der Waals surface area contributed by atoms with Gasteiger partial charge in [-0.1, -0.05) is 12.1 Å². The lowest BCUT2D eigenvalue weighted by Gasteiger charge is -2.04. The lowest BCUT2D eigenvalue weighted by atomic mass is 10.2. The molecule has 1 N–H and O–H groups in total. The Hall–Kier alpha value is -3.39. The second kappa shape index (κ2) is 7.46. The first-order chi connectivity index (χ1) is 13.2. The average Bonchev–Trinajstić information content (AvgIpc) is 3.07. The highest BCUT2D eigenvalue weighted by atomic mass is 32.1. The van der Waals surface area contributed by atoms with E-state index in [2.05, 4.69) is 25.3 Å². The van der Waals surface area contributed by atoms with Crippen LogP contribution in [-0.4, -0.2) is 37.7 Å². The van der Waals surface area contributed by atoms with Crippen molar-refractivity contribution in [2.75, 3.05) is 6.61 Å². The van der Waals surface area contributed by atoms with Gasteiger partial charge in [0.15, 0.2) is 5.82 Å². The molecule has 0 atom stereocenters. The number of H-pyrrole nitrogens is 1. The van der Waals surface area contributed by atoms with Crippen LogP contribution in [0, 0.1) is 4.77 Å². The number of rotatable bonds is 5. The number of hydrogen-bond acceptors (Lipinski definition) is 6. The van der Waals surface area contributed by atoms with Crippen molar-refractivity contribution in [3.05, 3.63) is 65.2 Å². The van der Waals surface area contributed by atoms with Crippen molar-refractivity contribution in [2.24, 2.45) is 5.10 Å². The molecular weight excluding hydrogens is 360 g/mol. The average molecular weight is 376 g/mol. The molecule has 0 radical (unpaired) electrons. The fourth-order valence-electron chi connectivity index (χ4n) is 2.60. The highest BCUT2D eigenvalue weighted by Gasteiger charge is 2.08. The van der Waals surface area contributed by atoms with E-state index in [-0.39, 0.29) is 0 Å². The number of nitrogens with zero attached hydrogens (tertiary/aromatic N) is 5. The van der Waals surface area contributed by atoms with Crippen LogP contribution in [0.15, 0.2) is 59.8 Å². The molecule has 0 aliphatic heterocycles. The zero-order valence-corrected chi connectivity index (χ0v) is 15.3. The maximum Gasteiger partial charge on any atom is 0.216 e. The molecule has 0 spiro atoms. The molecule has 0 unspecified atom stereocenters. The summed E-state index contributed by atoms with van der Waals surface area (Å²) >= 11 is 5.30. The maximum absolute atomic E-state index is 5.47. The molecule has 4 rings (SSSR count). The van der Waals surface area contributed by atoms with Crippen LogP contribution in [0.3, 0.4) is 0 Å². The van der Waals surface area contributed by atoms with Crippen molar-refractivity contribution in [3.63, 3.8) is 0 Å². The van der Waals surface area contributed by atoms with E-state index in [0.29, 0.717) is 22.9 Å². The van der Waals surface area contributed by atoms with E-state index in [1.165, 1.54) is 0 Å². The van der Waals surface area contributed by atoms with E-state index >= 15 is 0 Å². The van der Waals surface area contributed by atoms with Crippen molar-refractivity contribution in [2.45, 2.75) is 6.92 Å². The van der Waals surface area contributed by atoms with Gasteiger partial charge in [0.05, 0.1) is 30.1 Å². The van der Waals surface area contributed by atoms with Gasteiger partial charge in [0.2, 0.25) is 4.77 Å². The Morgan fingerprint density at radius 1 is 1.15 bits per heavy atom. The van der Waals surface area contributed by atoms with Crippen LogP contribution in [0.5, 0.6) is 5.75 Å². The molecule has 0 saturated heterocycles. The SMILES string of the molecule is CCOc1ccc(-c2n[nH]c(=S)n2/N=C\c2cnc3ccccc3n2)cc1. The number of benzene rings is 2. The standard InChI is InChI=1S/C19H16N6OS/c1-2-26-15-9-7-13(8-10-15)18-23-24-19(27)25(18)21-12-14-11-20-16-5-3-4-6-17(16)22-14/h3-12H,2H2,1H3,(H,24,27)/b21-12-. The fourth-order valence-corrected chi connectivity index (χ4v) is 2.78. The Morgan fingerprint density at radius 2 is 1.93 bits per heavy atom. The Balaban J connectivity index is 1.66. The minimum absolute atomic E-state index is 0.392. The molecule has 2 heterocycles. The van der Waals surface area contributed by atoms with Crippen molar-refractivity contribution in [1.29, 1.82) is 0 Å². The van der Waals surface area contributed by atoms with E-state index in [0.717, 1.165) is 22.3 Å². The van der Waals surface area contributed by atoms with Gasteiger partial charge in [-0.25, -0.2) is 10.1 Å². The molecule has 0 aliphatic rings.